The minimum atomic E-state index is 0.296. The second kappa shape index (κ2) is 7.85. The van der Waals surface area contributed by atoms with Crippen LogP contribution in [0.2, 0.25) is 10.0 Å². The number of hydrogen-bond donors (Lipinski definition) is 2. The number of hydrogen-bond acceptors (Lipinski definition) is 3. The van der Waals surface area contributed by atoms with Crippen molar-refractivity contribution in [1.29, 1.82) is 0 Å². The maximum Gasteiger partial charge on any atom is 0.142 e. The fraction of sp³-hybridized carbons (Fsp3) is 0.0714. The number of nitrogens with zero attached hydrogens (tertiary/aromatic N) is 1. The lowest BCUT2D eigenvalue weighted by Gasteiger charge is -2.06. The Kier molecular flexibility index (Phi) is 6.39. The molecule has 0 unspecified atom stereocenters. The number of phenols is 1. The van der Waals surface area contributed by atoms with Crippen molar-refractivity contribution >= 4 is 74.6 Å². The lowest BCUT2D eigenvalue weighted by atomic mass is 10.2. The third kappa shape index (κ3) is 4.61. The van der Waals surface area contributed by atoms with Crippen LogP contribution in [0.3, 0.4) is 0 Å². The minimum absolute atomic E-state index is 0.296. The lowest BCUT2D eigenvalue weighted by molar-refractivity contribution is 0.467. The summed E-state index contributed by atoms with van der Waals surface area (Å²) in [7, 11) is 0. The maximum absolute atomic E-state index is 9.71. The molecular formula is C14H10Cl2I2N2O. The van der Waals surface area contributed by atoms with Crippen molar-refractivity contribution in [2.24, 2.45) is 5.10 Å². The van der Waals surface area contributed by atoms with Gasteiger partial charge in [0.05, 0.1) is 19.9 Å². The molecule has 0 atom stereocenters. The average Bonchev–Trinajstić information content (AvgIpc) is 2.43. The van der Waals surface area contributed by atoms with E-state index in [0.717, 1.165) is 18.3 Å². The second-order valence-electron chi connectivity index (χ2n) is 4.13. The van der Waals surface area contributed by atoms with Gasteiger partial charge in [-0.1, -0.05) is 29.3 Å². The molecule has 3 nitrogen and oxygen atoms in total. The van der Waals surface area contributed by atoms with Crippen LogP contribution in [0, 0.1) is 7.14 Å². The van der Waals surface area contributed by atoms with Crippen molar-refractivity contribution in [1.82, 2.24) is 5.43 Å². The van der Waals surface area contributed by atoms with Gasteiger partial charge < -0.3 is 10.5 Å². The van der Waals surface area contributed by atoms with E-state index in [2.05, 4.69) is 55.7 Å². The summed E-state index contributed by atoms with van der Waals surface area (Å²) in [4.78, 5) is 0. The van der Waals surface area contributed by atoms with Gasteiger partial charge in [0, 0.05) is 15.6 Å². The third-order valence-electron chi connectivity index (χ3n) is 2.66. The SMILES string of the molecule is Oc1c(I)cc(/C=N/NCc2c(Cl)cccc2Cl)cc1I. The molecule has 0 aliphatic carbocycles. The zero-order chi connectivity index (χ0) is 15.4. The quantitative estimate of drug-likeness (QED) is 0.321. The Bertz CT molecular complexity index is 649. The first-order valence-corrected chi connectivity index (χ1v) is 8.77. The number of halogens is 4. The van der Waals surface area contributed by atoms with Crippen molar-refractivity contribution in [3.63, 3.8) is 0 Å². The average molecular weight is 547 g/mol. The topological polar surface area (TPSA) is 44.6 Å². The molecule has 0 heterocycles. The van der Waals surface area contributed by atoms with E-state index < -0.39 is 0 Å². The van der Waals surface area contributed by atoms with Crippen LogP contribution in [0.1, 0.15) is 11.1 Å². The van der Waals surface area contributed by atoms with Crippen LogP contribution in [0.5, 0.6) is 5.75 Å². The fourth-order valence-electron chi connectivity index (χ4n) is 1.61. The Morgan fingerprint density at radius 2 is 1.71 bits per heavy atom. The molecule has 0 radical (unpaired) electrons. The van der Waals surface area contributed by atoms with Gasteiger partial charge in [0.15, 0.2) is 0 Å². The van der Waals surface area contributed by atoms with Crippen LogP contribution in [0.4, 0.5) is 0 Å². The molecule has 0 aliphatic rings. The van der Waals surface area contributed by atoms with Crippen molar-refractivity contribution in [3.05, 3.63) is 58.6 Å². The predicted molar refractivity (Wildman–Crippen MR) is 104 cm³/mol. The number of nitrogens with one attached hydrogen (secondary N) is 1. The number of hydrazone groups is 1. The maximum atomic E-state index is 9.71. The number of benzene rings is 2. The molecule has 0 fully saturated rings. The molecule has 0 saturated carbocycles. The highest BCUT2D eigenvalue weighted by Crippen LogP contribution is 2.27. The van der Waals surface area contributed by atoms with E-state index in [1.54, 1.807) is 24.4 Å². The van der Waals surface area contributed by atoms with Gasteiger partial charge in [-0.25, -0.2) is 0 Å². The molecule has 0 aliphatic heterocycles. The monoisotopic (exact) mass is 546 g/mol. The summed E-state index contributed by atoms with van der Waals surface area (Å²) in [6.07, 6.45) is 1.69. The van der Waals surface area contributed by atoms with Gasteiger partial charge in [-0.2, -0.15) is 5.10 Å². The highest BCUT2D eigenvalue weighted by atomic mass is 127. The van der Waals surface area contributed by atoms with Crippen molar-refractivity contribution < 1.29 is 5.11 Å². The minimum Gasteiger partial charge on any atom is -0.506 e. The fourth-order valence-corrected chi connectivity index (χ4v) is 3.95. The molecule has 2 aromatic carbocycles. The molecule has 0 spiro atoms. The Morgan fingerprint density at radius 1 is 1.14 bits per heavy atom. The first-order chi connectivity index (χ1) is 9.99. The Morgan fingerprint density at radius 3 is 2.29 bits per heavy atom. The van der Waals surface area contributed by atoms with E-state index in [1.807, 2.05) is 12.1 Å². The third-order valence-corrected chi connectivity index (χ3v) is 5.01. The molecule has 2 aromatic rings. The standard InChI is InChI=1S/C14H10Cl2I2N2O/c15-10-2-1-3-11(16)9(10)7-20-19-6-8-4-12(17)14(21)13(18)5-8/h1-6,20-21H,7H2/b19-6+. The highest BCUT2D eigenvalue weighted by molar-refractivity contribution is 14.1. The van der Waals surface area contributed by atoms with Crippen LogP contribution in [-0.4, -0.2) is 11.3 Å². The first kappa shape index (κ1) is 17.1. The smallest absolute Gasteiger partial charge is 0.142 e. The zero-order valence-corrected chi connectivity index (χ0v) is 16.4. The van der Waals surface area contributed by atoms with Crippen LogP contribution in [-0.2, 0) is 6.54 Å². The van der Waals surface area contributed by atoms with E-state index in [1.165, 1.54) is 0 Å². The summed E-state index contributed by atoms with van der Waals surface area (Å²) in [5, 5.41) is 15.1. The van der Waals surface area contributed by atoms with Gasteiger partial charge in [-0.05, 0) is 75.0 Å². The predicted octanol–water partition coefficient (Wildman–Crippen LogP) is 5.03. The van der Waals surface area contributed by atoms with Crippen LogP contribution < -0.4 is 5.43 Å². The number of aromatic hydroxyl groups is 1. The molecular weight excluding hydrogens is 537 g/mol. The van der Waals surface area contributed by atoms with Crippen LogP contribution in [0.15, 0.2) is 35.4 Å². The van der Waals surface area contributed by atoms with Crippen molar-refractivity contribution in [2.45, 2.75) is 6.54 Å². The summed E-state index contributed by atoms with van der Waals surface area (Å²) in [6.45, 7) is 0.446. The normalized spacial score (nSPS) is 11.0. The molecule has 0 amide bonds. The molecule has 21 heavy (non-hydrogen) atoms. The summed E-state index contributed by atoms with van der Waals surface area (Å²) in [6, 6.07) is 9.09. The molecule has 2 rings (SSSR count). The van der Waals surface area contributed by atoms with E-state index >= 15 is 0 Å². The van der Waals surface area contributed by atoms with Crippen molar-refractivity contribution in [2.75, 3.05) is 0 Å². The van der Waals surface area contributed by atoms with Crippen LogP contribution >= 0.6 is 68.4 Å². The van der Waals surface area contributed by atoms with E-state index in [-0.39, 0.29) is 0 Å². The number of rotatable bonds is 4. The van der Waals surface area contributed by atoms with E-state index in [0.29, 0.717) is 22.3 Å². The molecule has 0 saturated heterocycles. The molecule has 2 N–H and O–H groups in total. The van der Waals surface area contributed by atoms with Gasteiger partial charge in [0.25, 0.3) is 0 Å². The van der Waals surface area contributed by atoms with Gasteiger partial charge in [0.2, 0.25) is 0 Å². The van der Waals surface area contributed by atoms with Gasteiger partial charge >= 0.3 is 0 Å². The Labute approximate surface area is 160 Å². The lowest BCUT2D eigenvalue weighted by Crippen LogP contribution is -2.06. The summed E-state index contributed by atoms with van der Waals surface area (Å²) in [5.74, 6) is 0.296. The van der Waals surface area contributed by atoms with Gasteiger partial charge in [-0.15, -0.1) is 0 Å². The van der Waals surface area contributed by atoms with Crippen LogP contribution in [0.25, 0.3) is 0 Å². The zero-order valence-electron chi connectivity index (χ0n) is 10.6. The number of phenolic OH excluding ortho intramolecular Hbond substituents is 1. The first-order valence-electron chi connectivity index (χ1n) is 5.86. The largest absolute Gasteiger partial charge is 0.506 e. The summed E-state index contributed by atoms with van der Waals surface area (Å²) < 4.78 is 1.57. The van der Waals surface area contributed by atoms with Gasteiger partial charge in [0.1, 0.15) is 5.75 Å². The molecule has 110 valence electrons. The summed E-state index contributed by atoms with van der Waals surface area (Å²) in [5.41, 5.74) is 4.63. The molecule has 0 bridgehead atoms. The molecule has 7 heteroatoms. The highest BCUT2D eigenvalue weighted by Gasteiger charge is 2.05. The van der Waals surface area contributed by atoms with Crippen molar-refractivity contribution in [3.8, 4) is 5.75 Å². The molecule has 0 aromatic heterocycles. The Hall–Kier alpha value is -0.250. The van der Waals surface area contributed by atoms with Gasteiger partial charge in [-0.3, -0.25) is 0 Å². The van der Waals surface area contributed by atoms with E-state index in [9.17, 15) is 5.11 Å². The Balaban J connectivity index is 2.03. The summed E-state index contributed by atoms with van der Waals surface area (Å²) >= 11 is 16.3. The second-order valence-corrected chi connectivity index (χ2v) is 7.27. The van der Waals surface area contributed by atoms with E-state index in [4.69, 9.17) is 23.2 Å².